The fourth-order valence-corrected chi connectivity index (χ4v) is 3.28. The third-order valence-electron chi connectivity index (χ3n) is 3.73. The molecule has 0 bridgehead atoms. The van der Waals surface area contributed by atoms with Crippen molar-refractivity contribution in [2.45, 2.75) is 18.7 Å². The lowest BCUT2D eigenvalue weighted by atomic mass is 10.1. The molecule has 0 aromatic heterocycles. The predicted octanol–water partition coefficient (Wildman–Crippen LogP) is 2.01. The first-order chi connectivity index (χ1) is 12.2. The van der Waals surface area contributed by atoms with E-state index >= 15 is 0 Å². The summed E-state index contributed by atoms with van der Waals surface area (Å²) in [6.45, 7) is 2.95. The number of carbonyl (C=O) groups is 2. The van der Waals surface area contributed by atoms with E-state index in [9.17, 15) is 18.0 Å². The summed E-state index contributed by atoms with van der Waals surface area (Å²) >= 11 is 0. The molecule has 2 aromatic rings. The molecule has 0 spiro atoms. The number of hydrogen-bond acceptors (Lipinski definition) is 5. The van der Waals surface area contributed by atoms with Crippen molar-refractivity contribution in [1.82, 2.24) is 4.72 Å². The number of amides is 1. The molecule has 0 radical (unpaired) electrons. The summed E-state index contributed by atoms with van der Waals surface area (Å²) in [5.74, 6) is -1.16. The first kappa shape index (κ1) is 19.6. The lowest BCUT2D eigenvalue weighted by Gasteiger charge is -2.11. The summed E-state index contributed by atoms with van der Waals surface area (Å²) in [6, 6.07) is 11.4. The molecule has 2 N–H and O–H groups in total. The largest absolute Gasteiger partial charge is 0.452 e. The van der Waals surface area contributed by atoms with Crippen LogP contribution in [0.1, 0.15) is 21.5 Å². The number of aryl methyl sites for hydroxylation is 2. The second kappa shape index (κ2) is 8.11. The van der Waals surface area contributed by atoms with Crippen LogP contribution in [0.2, 0.25) is 0 Å². The van der Waals surface area contributed by atoms with Crippen LogP contribution in [0.25, 0.3) is 0 Å². The molecule has 0 aliphatic carbocycles. The Morgan fingerprint density at radius 1 is 1.04 bits per heavy atom. The van der Waals surface area contributed by atoms with Gasteiger partial charge in [0.15, 0.2) is 6.61 Å². The zero-order chi connectivity index (χ0) is 19.3. The molecule has 2 aromatic carbocycles. The molecule has 0 heterocycles. The molecule has 138 valence electrons. The first-order valence-corrected chi connectivity index (χ1v) is 9.29. The minimum atomic E-state index is -3.64. The quantitative estimate of drug-likeness (QED) is 0.751. The van der Waals surface area contributed by atoms with Gasteiger partial charge < -0.3 is 10.1 Å². The molecule has 1 amide bonds. The molecule has 0 saturated carbocycles. The Hall–Kier alpha value is -2.71. The smallest absolute Gasteiger partial charge is 0.338 e. The Bertz CT molecular complexity index is 938. The molecule has 2 rings (SSSR count). The highest BCUT2D eigenvalue weighted by Gasteiger charge is 2.16. The fourth-order valence-electron chi connectivity index (χ4n) is 2.29. The van der Waals surface area contributed by atoms with Crippen LogP contribution in [0.15, 0.2) is 47.4 Å². The SMILES string of the molecule is CNS(=O)(=O)c1cc(NC(=O)COC(=O)c2ccccc2C)ccc1C. The number of anilines is 1. The van der Waals surface area contributed by atoms with Gasteiger partial charge in [-0.2, -0.15) is 0 Å². The van der Waals surface area contributed by atoms with E-state index in [0.29, 0.717) is 16.8 Å². The number of hydrogen-bond donors (Lipinski definition) is 2. The second-order valence-corrected chi connectivity index (χ2v) is 7.48. The zero-order valence-electron chi connectivity index (χ0n) is 14.7. The van der Waals surface area contributed by atoms with Gasteiger partial charge in [0.2, 0.25) is 10.0 Å². The molecule has 0 fully saturated rings. The molecule has 26 heavy (non-hydrogen) atoms. The first-order valence-electron chi connectivity index (χ1n) is 7.81. The molecule has 0 aliphatic rings. The highest BCUT2D eigenvalue weighted by molar-refractivity contribution is 7.89. The highest BCUT2D eigenvalue weighted by Crippen LogP contribution is 2.20. The number of sulfonamides is 1. The topological polar surface area (TPSA) is 102 Å². The van der Waals surface area contributed by atoms with E-state index < -0.39 is 28.5 Å². The molecule has 7 nitrogen and oxygen atoms in total. The average Bonchev–Trinajstić information content (AvgIpc) is 2.61. The Labute approximate surface area is 152 Å². The summed E-state index contributed by atoms with van der Waals surface area (Å²) in [5.41, 5.74) is 1.97. The number of nitrogens with one attached hydrogen (secondary N) is 2. The van der Waals surface area contributed by atoms with Crippen molar-refractivity contribution in [3.8, 4) is 0 Å². The van der Waals surface area contributed by atoms with Gasteiger partial charge in [-0.25, -0.2) is 17.9 Å². The third-order valence-corrected chi connectivity index (χ3v) is 5.29. The predicted molar refractivity (Wildman–Crippen MR) is 97.5 cm³/mol. The lowest BCUT2D eigenvalue weighted by molar-refractivity contribution is -0.119. The van der Waals surface area contributed by atoms with Gasteiger partial charge in [-0.05, 0) is 50.2 Å². The van der Waals surface area contributed by atoms with Crippen molar-refractivity contribution < 1.29 is 22.7 Å². The van der Waals surface area contributed by atoms with Gasteiger partial charge in [0.1, 0.15) is 0 Å². The Morgan fingerprint density at radius 2 is 1.73 bits per heavy atom. The summed E-state index contributed by atoms with van der Waals surface area (Å²) in [5, 5.41) is 2.52. The molecule has 8 heteroatoms. The van der Waals surface area contributed by atoms with E-state index in [-0.39, 0.29) is 4.90 Å². The van der Waals surface area contributed by atoms with Crippen molar-refractivity contribution in [1.29, 1.82) is 0 Å². The van der Waals surface area contributed by atoms with Gasteiger partial charge in [-0.3, -0.25) is 4.79 Å². The summed E-state index contributed by atoms with van der Waals surface area (Å²) in [7, 11) is -2.33. The number of carbonyl (C=O) groups excluding carboxylic acids is 2. The van der Waals surface area contributed by atoms with Crippen molar-refractivity contribution >= 4 is 27.6 Å². The van der Waals surface area contributed by atoms with Crippen LogP contribution in [0, 0.1) is 13.8 Å². The lowest BCUT2D eigenvalue weighted by Crippen LogP contribution is -2.22. The van der Waals surface area contributed by atoms with E-state index in [1.54, 1.807) is 50.2 Å². The van der Waals surface area contributed by atoms with Gasteiger partial charge in [0.05, 0.1) is 10.5 Å². The van der Waals surface area contributed by atoms with Crippen molar-refractivity contribution in [2.24, 2.45) is 0 Å². The zero-order valence-corrected chi connectivity index (χ0v) is 15.5. The molecule has 0 saturated heterocycles. The Kier molecular flexibility index (Phi) is 6.12. The van der Waals surface area contributed by atoms with Crippen LogP contribution >= 0.6 is 0 Å². The van der Waals surface area contributed by atoms with Crippen LogP contribution in [-0.4, -0.2) is 33.9 Å². The van der Waals surface area contributed by atoms with Gasteiger partial charge in [-0.15, -0.1) is 0 Å². The van der Waals surface area contributed by atoms with Crippen LogP contribution in [-0.2, 0) is 19.6 Å². The minimum absolute atomic E-state index is 0.0645. The molecule has 0 atom stereocenters. The average molecular weight is 376 g/mol. The maximum absolute atomic E-state index is 12.0. The number of benzene rings is 2. The van der Waals surface area contributed by atoms with Crippen molar-refractivity contribution in [3.05, 3.63) is 59.2 Å². The Morgan fingerprint density at radius 3 is 2.38 bits per heavy atom. The third kappa shape index (κ3) is 4.68. The van der Waals surface area contributed by atoms with Crippen molar-refractivity contribution in [2.75, 3.05) is 19.0 Å². The Balaban J connectivity index is 2.03. The van der Waals surface area contributed by atoms with Gasteiger partial charge in [0, 0.05) is 5.69 Å². The summed E-state index contributed by atoms with van der Waals surface area (Å²) in [4.78, 5) is 24.1. The summed E-state index contributed by atoms with van der Waals surface area (Å²) in [6.07, 6.45) is 0. The van der Waals surface area contributed by atoms with Crippen LogP contribution in [0.4, 0.5) is 5.69 Å². The monoisotopic (exact) mass is 376 g/mol. The van der Waals surface area contributed by atoms with E-state index in [1.165, 1.54) is 13.1 Å². The number of rotatable bonds is 6. The maximum atomic E-state index is 12.0. The second-order valence-electron chi connectivity index (χ2n) is 5.63. The van der Waals surface area contributed by atoms with Crippen LogP contribution < -0.4 is 10.0 Å². The molecule has 0 aliphatic heterocycles. The van der Waals surface area contributed by atoms with Crippen molar-refractivity contribution in [3.63, 3.8) is 0 Å². The van der Waals surface area contributed by atoms with E-state index in [0.717, 1.165) is 5.56 Å². The standard InChI is InChI=1S/C18H20N2O5S/c1-12-6-4-5-7-15(12)18(22)25-11-17(21)20-14-9-8-13(2)16(10-14)26(23,24)19-3/h4-10,19H,11H2,1-3H3,(H,20,21). The normalized spacial score (nSPS) is 11.0. The molecular formula is C18H20N2O5S. The summed E-state index contributed by atoms with van der Waals surface area (Å²) < 4.78 is 31.2. The van der Waals surface area contributed by atoms with Gasteiger partial charge in [-0.1, -0.05) is 24.3 Å². The van der Waals surface area contributed by atoms with E-state index in [4.69, 9.17) is 4.74 Å². The molecular weight excluding hydrogens is 356 g/mol. The van der Waals surface area contributed by atoms with Crippen LogP contribution in [0.3, 0.4) is 0 Å². The van der Waals surface area contributed by atoms with E-state index in [2.05, 4.69) is 10.0 Å². The minimum Gasteiger partial charge on any atom is -0.452 e. The number of ether oxygens (including phenoxy) is 1. The molecule has 0 unspecified atom stereocenters. The number of esters is 1. The maximum Gasteiger partial charge on any atom is 0.338 e. The van der Waals surface area contributed by atoms with Gasteiger partial charge in [0.25, 0.3) is 5.91 Å². The fraction of sp³-hybridized carbons (Fsp3) is 0.222. The van der Waals surface area contributed by atoms with Crippen LogP contribution in [0.5, 0.6) is 0 Å². The van der Waals surface area contributed by atoms with E-state index in [1.807, 2.05) is 0 Å². The highest BCUT2D eigenvalue weighted by atomic mass is 32.2. The van der Waals surface area contributed by atoms with Gasteiger partial charge >= 0.3 is 5.97 Å².